The second-order valence-corrected chi connectivity index (χ2v) is 6.52. The molecule has 4 heteroatoms. The summed E-state index contributed by atoms with van der Waals surface area (Å²) in [4.78, 5) is 16.0. The van der Waals surface area contributed by atoms with Gasteiger partial charge in [-0.15, -0.1) is 11.8 Å². The van der Waals surface area contributed by atoms with Crippen molar-refractivity contribution in [3.63, 3.8) is 0 Å². The Hall–Kier alpha value is -1.00. The number of carbonyl (C=O) groups is 1. The molecule has 1 fully saturated rings. The van der Waals surface area contributed by atoms with Crippen LogP contribution in [-0.4, -0.2) is 30.8 Å². The van der Waals surface area contributed by atoms with Gasteiger partial charge in [0, 0.05) is 29.2 Å². The van der Waals surface area contributed by atoms with Gasteiger partial charge in [-0.25, -0.2) is 0 Å². The zero-order chi connectivity index (χ0) is 13.2. The molecule has 3 rings (SSSR count). The average molecular weight is 276 g/mol. The molecule has 2 atom stereocenters. The number of benzene rings is 1. The van der Waals surface area contributed by atoms with Gasteiger partial charge in [0.25, 0.3) is 0 Å². The van der Waals surface area contributed by atoms with E-state index in [4.69, 9.17) is 0 Å². The van der Waals surface area contributed by atoms with Gasteiger partial charge in [-0.05, 0) is 38.4 Å². The van der Waals surface area contributed by atoms with E-state index in [0.717, 1.165) is 37.4 Å². The van der Waals surface area contributed by atoms with Crippen LogP contribution in [0.3, 0.4) is 0 Å². The third kappa shape index (κ3) is 2.65. The first kappa shape index (κ1) is 13.0. The number of anilines is 1. The number of carbonyl (C=O) groups excluding carboxylic acids is 1. The molecule has 1 amide bonds. The van der Waals surface area contributed by atoms with Crippen LogP contribution in [0.1, 0.15) is 19.8 Å². The van der Waals surface area contributed by atoms with Gasteiger partial charge in [0.05, 0.1) is 5.69 Å². The summed E-state index contributed by atoms with van der Waals surface area (Å²) >= 11 is 1.85. The summed E-state index contributed by atoms with van der Waals surface area (Å²) in [5, 5.41) is 3.41. The SMILES string of the molecule is CC1CC(C(=O)N2CCSc3ccccc32)CCN1. The smallest absolute Gasteiger partial charge is 0.230 e. The standard InChI is InChI=1S/C15H20N2OS/c1-11-10-12(6-7-16-11)15(18)17-8-9-19-14-5-3-2-4-13(14)17/h2-5,11-12,16H,6-10H2,1H3. The molecular weight excluding hydrogens is 256 g/mol. The number of thioether (sulfide) groups is 1. The molecule has 0 aromatic heterocycles. The first-order chi connectivity index (χ1) is 9.25. The lowest BCUT2D eigenvalue weighted by Gasteiger charge is -2.34. The molecule has 3 nitrogen and oxygen atoms in total. The molecule has 2 unspecified atom stereocenters. The van der Waals surface area contributed by atoms with Gasteiger partial charge >= 0.3 is 0 Å². The molecule has 1 saturated heterocycles. The summed E-state index contributed by atoms with van der Waals surface area (Å²) in [5.41, 5.74) is 1.11. The Labute approximate surface area is 118 Å². The maximum Gasteiger partial charge on any atom is 0.230 e. The van der Waals surface area contributed by atoms with Gasteiger partial charge in [0.1, 0.15) is 0 Å². The molecule has 102 valence electrons. The Morgan fingerprint density at radius 3 is 3.11 bits per heavy atom. The van der Waals surface area contributed by atoms with Crippen molar-refractivity contribution in [3.05, 3.63) is 24.3 Å². The molecule has 2 aliphatic heterocycles. The number of rotatable bonds is 1. The lowest BCUT2D eigenvalue weighted by molar-refractivity contribution is -0.123. The maximum absolute atomic E-state index is 12.8. The zero-order valence-electron chi connectivity index (χ0n) is 11.3. The molecule has 0 aliphatic carbocycles. The summed E-state index contributed by atoms with van der Waals surface area (Å²) in [5.74, 6) is 1.51. The highest BCUT2D eigenvalue weighted by Gasteiger charge is 2.31. The summed E-state index contributed by atoms with van der Waals surface area (Å²) in [6.45, 7) is 3.97. The normalized spacial score (nSPS) is 26.9. The predicted octanol–water partition coefficient (Wildman–Crippen LogP) is 2.51. The Morgan fingerprint density at radius 1 is 1.42 bits per heavy atom. The Balaban J connectivity index is 1.81. The minimum absolute atomic E-state index is 0.187. The van der Waals surface area contributed by atoms with E-state index in [1.807, 2.05) is 28.8 Å². The number of amides is 1. The number of fused-ring (bicyclic) bond motifs is 1. The van der Waals surface area contributed by atoms with E-state index in [-0.39, 0.29) is 5.92 Å². The number of hydrogen-bond donors (Lipinski definition) is 1. The van der Waals surface area contributed by atoms with Gasteiger partial charge in [-0.2, -0.15) is 0 Å². The van der Waals surface area contributed by atoms with Crippen molar-refractivity contribution < 1.29 is 4.79 Å². The van der Waals surface area contributed by atoms with Crippen LogP contribution in [0.2, 0.25) is 0 Å². The highest BCUT2D eigenvalue weighted by Crippen LogP contribution is 2.35. The number of piperidine rings is 1. The lowest BCUT2D eigenvalue weighted by Crippen LogP contribution is -2.45. The van der Waals surface area contributed by atoms with Crippen molar-refractivity contribution >= 4 is 23.4 Å². The summed E-state index contributed by atoms with van der Waals surface area (Å²) in [6, 6.07) is 8.72. The van der Waals surface area contributed by atoms with E-state index in [0.29, 0.717) is 11.9 Å². The van der Waals surface area contributed by atoms with E-state index in [1.165, 1.54) is 4.90 Å². The van der Waals surface area contributed by atoms with Crippen molar-refractivity contribution in [2.45, 2.75) is 30.7 Å². The van der Waals surface area contributed by atoms with Crippen LogP contribution in [0.5, 0.6) is 0 Å². The van der Waals surface area contributed by atoms with Gasteiger partial charge in [-0.3, -0.25) is 4.79 Å². The van der Waals surface area contributed by atoms with Crippen LogP contribution >= 0.6 is 11.8 Å². The van der Waals surface area contributed by atoms with Crippen molar-refractivity contribution in [2.24, 2.45) is 5.92 Å². The second kappa shape index (κ2) is 5.55. The van der Waals surface area contributed by atoms with E-state index >= 15 is 0 Å². The van der Waals surface area contributed by atoms with Crippen molar-refractivity contribution in [1.82, 2.24) is 5.32 Å². The van der Waals surface area contributed by atoms with Crippen molar-refractivity contribution in [3.8, 4) is 0 Å². The van der Waals surface area contributed by atoms with E-state index in [9.17, 15) is 4.79 Å². The van der Waals surface area contributed by atoms with Crippen molar-refractivity contribution in [2.75, 3.05) is 23.7 Å². The molecule has 19 heavy (non-hydrogen) atoms. The van der Waals surface area contributed by atoms with Crippen LogP contribution < -0.4 is 10.2 Å². The number of nitrogens with zero attached hydrogens (tertiary/aromatic N) is 1. The number of nitrogens with one attached hydrogen (secondary N) is 1. The topological polar surface area (TPSA) is 32.3 Å². The fraction of sp³-hybridized carbons (Fsp3) is 0.533. The quantitative estimate of drug-likeness (QED) is 0.855. The number of hydrogen-bond acceptors (Lipinski definition) is 3. The van der Waals surface area contributed by atoms with Crippen LogP contribution in [0, 0.1) is 5.92 Å². The first-order valence-corrected chi connectivity index (χ1v) is 8.01. The second-order valence-electron chi connectivity index (χ2n) is 5.38. The fourth-order valence-electron chi connectivity index (χ4n) is 2.98. The highest BCUT2D eigenvalue weighted by atomic mass is 32.2. The third-order valence-corrected chi connectivity index (χ3v) is 5.01. The fourth-order valence-corrected chi connectivity index (χ4v) is 3.97. The molecule has 1 aromatic rings. The number of para-hydroxylation sites is 1. The summed E-state index contributed by atoms with van der Waals surface area (Å²) in [7, 11) is 0. The van der Waals surface area contributed by atoms with E-state index in [1.54, 1.807) is 0 Å². The van der Waals surface area contributed by atoms with Gasteiger partial charge in [0.2, 0.25) is 5.91 Å². The van der Waals surface area contributed by atoms with Gasteiger partial charge in [-0.1, -0.05) is 12.1 Å². The zero-order valence-corrected chi connectivity index (χ0v) is 12.1. The van der Waals surface area contributed by atoms with Gasteiger partial charge < -0.3 is 10.2 Å². The average Bonchev–Trinajstić information content (AvgIpc) is 2.46. The van der Waals surface area contributed by atoms with Crippen LogP contribution in [0.15, 0.2) is 29.2 Å². The molecule has 1 aromatic carbocycles. The van der Waals surface area contributed by atoms with E-state index in [2.05, 4.69) is 24.4 Å². The lowest BCUT2D eigenvalue weighted by atomic mass is 9.92. The monoisotopic (exact) mass is 276 g/mol. The molecule has 0 bridgehead atoms. The van der Waals surface area contributed by atoms with Crippen molar-refractivity contribution in [1.29, 1.82) is 0 Å². The predicted molar refractivity (Wildman–Crippen MR) is 79.7 cm³/mol. The highest BCUT2D eigenvalue weighted by molar-refractivity contribution is 7.99. The van der Waals surface area contributed by atoms with E-state index < -0.39 is 0 Å². The molecule has 0 saturated carbocycles. The Morgan fingerprint density at radius 2 is 2.26 bits per heavy atom. The third-order valence-electron chi connectivity index (χ3n) is 3.97. The maximum atomic E-state index is 12.8. The van der Waals surface area contributed by atoms with Gasteiger partial charge in [0.15, 0.2) is 0 Å². The Bertz CT molecular complexity index is 477. The minimum Gasteiger partial charge on any atom is -0.314 e. The van der Waals surface area contributed by atoms with Crippen LogP contribution in [0.4, 0.5) is 5.69 Å². The molecular formula is C15H20N2OS. The van der Waals surface area contributed by atoms with Crippen LogP contribution in [0.25, 0.3) is 0 Å². The summed E-state index contributed by atoms with van der Waals surface area (Å²) < 4.78 is 0. The Kier molecular flexibility index (Phi) is 3.80. The molecule has 2 aliphatic rings. The molecule has 2 heterocycles. The summed E-state index contributed by atoms with van der Waals surface area (Å²) in [6.07, 6.45) is 1.93. The van der Waals surface area contributed by atoms with Crippen LogP contribution in [-0.2, 0) is 4.79 Å². The first-order valence-electron chi connectivity index (χ1n) is 7.02. The largest absolute Gasteiger partial charge is 0.314 e. The minimum atomic E-state index is 0.187. The molecule has 1 N–H and O–H groups in total. The molecule has 0 spiro atoms. The molecule has 0 radical (unpaired) electrons.